The number of benzene rings is 2. The maximum Gasteiger partial charge on any atom is 0.257 e. The highest BCUT2D eigenvalue weighted by atomic mass is 32.1. The molecule has 1 heterocycles. The fourth-order valence-electron chi connectivity index (χ4n) is 2.68. The summed E-state index contributed by atoms with van der Waals surface area (Å²) >= 11 is 1.21. The van der Waals surface area contributed by atoms with E-state index in [9.17, 15) is 14.4 Å². The molecule has 10 heteroatoms. The van der Waals surface area contributed by atoms with Crippen LogP contribution in [0.25, 0.3) is 0 Å². The smallest absolute Gasteiger partial charge is 0.257 e. The van der Waals surface area contributed by atoms with Crippen molar-refractivity contribution in [3.05, 3.63) is 64.7 Å². The topological polar surface area (TPSA) is 133 Å². The Hall–Kier alpha value is -3.92. The second kappa shape index (κ2) is 9.72. The van der Waals surface area contributed by atoms with Gasteiger partial charge < -0.3 is 20.5 Å². The van der Waals surface area contributed by atoms with Gasteiger partial charge in [-0.1, -0.05) is 0 Å². The Morgan fingerprint density at radius 2 is 1.65 bits per heavy atom. The molecule has 0 fully saturated rings. The molecule has 0 spiro atoms. The predicted octanol–water partition coefficient (Wildman–Crippen LogP) is 2.69. The molecule has 0 aliphatic rings. The zero-order valence-corrected chi connectivity index (χ0v) is 17.6. The Morgan fingerprint density at radius 1 is 0.968 bits per heavy atom. The van der Waals surface area contributed by atoms with Gasteiger partial charge in [-0.15, -0.1) is 11.3 Å². The van der Waals surface area contributed by atoms with Gasteiger partial charge in [0.1, 0.15) is 0 Å². The van der Waals surface area contributed by atoms with E-state index in [1.54, 1.807) is 35.7 Å². The molecule has 0 aliphatic heterocycles. The number of aromatic nitrogens is 1. The number of amides is 3. The van der Waals surface area contributed by atoms with Crippen LogP contribution in [0.4, 0.5) is 10.8 Å². The van der Waals surface area contributed by atoms with Crippen LogP contribution in [-0.4, -0.2) is 36.9 Å². The van der Waals surface area contributed by atoms with Crippen LogP contribution in [0, 0.1) is 0 Å². The van der Waals surface area contributed by atoms with Crippen LogP contribution < -0.4 is 25.8 Å². The minimum atomic E-state index is -0.539. The lowest BCUT2D eigenvalue weighted by atomic mass is 10.2. The molecule has 160 valence electrons. The van der Waals surface area contributed by atoms with E-state index in [4.69, 9.17) is 15.2 Å². The lowest BCUT2D eigenvalue weighted by Crippen LogP contribution is -2.16. The summed E-state index contributed by atoms with van der Waals surface area (Å²) in [7, 11) is 3.00. The predicted molar refractivity (Wildman–Crippen MR) is 117 cm³/mol. The van der Waals surface area contributed by atoms with Gasteiger partial charge in [0.25, 0.3) is 5.91 Å². The summed E-state index contributed by atoms with van der Waals surface area (Å²) in [4.78, 5) is 40.1. The third-order valence-corrected chi connectivity index (χ3v) is 5.02. The molecule has 0 saturated heterocycles. The molecule has 3 rings (SSSR count). The second-order valence-corrected chi connectivity index (χ2v) is 7.19. The first kappa shape index (κ1) is 21.8. The summed E-state index contributed by atoms with van der Waals surface area (Å²) in [6.07, 6.45) is 0.0281. The molecule has 4 N–H and O–H groups in total. The number of anilines is 2. The minimum Gasteiger partial charge on any atom is -0.493 e. The fourth-order valence-corrected chi connectivity index (χ4v) is 3.39. The van der Waals surface area contributed by atoms with E-state index >= 15 is 0 Å². The van der Waals surface area contributed by atoms with E-state index in [1.165, 1.54) is 37.7 Å². The highest BCUT2D eigenvalue weighted by Crippen LogP contribution is 2.28. The first-order chi connectivity index (χ1) is 14.9. The van der Waals surface area contributed by atoms with E-state index in [0.717, 1.165) is 0 Å². The Kier molecular flexibility index (Phi) is 6.83. The van der Waals surface area contributed by atoms with Crippen molar-refractivity contribution in [3.8, 4) is 11.5 Å². The molecule has 0 saturated carbocycles. The van der Waals surface area contributed by atoms with E-state index < -0.39 is 5.91 Å². The van der Waals surface area contributed by atoms with Gasteiger partial charge in [0, 0.05) is 22.2 Å². The zero-order valence-electron chi connectivity index (χ0n) is 16.8. The second-order valence-electron chi connectivity index (χ2n) is 6.33. The van der Waals surface area contributed by atoms with Crippen molar-refractivity contribution in [3.63, 3.8) is 0 Å². The van der Waals surface area contributed by atoms with Gasteiger partial charge in [0.05, 0.1) is 26.3 Å². The summed E-state index contributed by atoms with van der Waals surface area (Å²) in [6, 6.07) is 11.1. The summed E-state index contributed by atoms with van der Waals surface area (Å²) in [5.74, 6) is -0.222. The fraction of sp³-hybridized carbons (Fsp3) is 0.143. The molecular weight excluding hydrogens is 420 g/mol. The Labute approximate surface area is 182 Å². The number of thiazole rings is 1. The molecular formula is C21H20N4O5S. The molecule has 3 aromatic rings. The van der Waals surface area contributed by atoms with Gasteiger partial charge in [-0.25, -0.2) is 4.98 Å². The lowest BCUT2D eigenvalue weighted by molar-refractivity contribution is -0.115. The largest absolute Gasteiger partial charge is 0.493 e. The number of nitrogens with one attached hydrogen (secondary N) is 2. The third-order valence-electron chi connectivity index (χ3n) is 4.21. The molecule has 1 aromatic heterocycles. The van der Waals surface area contributed by atoms with Crippen molar-refractivity contribution in [1.82, 2.24) is 4.98 Å². The Morgan fingerprint density at radius 3 is 2.29 bits per heavy atom. The molecule has 0 radical (unpaired) electrons. The Balaban J connectivity index is 1.59. The van der Waals surface area contributed by atoms with Crippen LogP contribution in [0.3, 0.4) is 0 Å². The molecule has 0 atom stereocenters. The number of hydrogen-bond acceptors (Lipinski definition) is 7. The number of nitrogens with two attached hydrogens (primary N) is 1. The summed E-state index contributed by atoms with van der Waals surface area (Å²) in [5, 5.41) is 7.48. The van der Waals surface area contributed by atoms with Crippen LogP contribution in [0.1, 0.15) is 26.4 Å². The molecule has 0 bridgehead atoms. The molecule has 3 amide bonds. The van der Waals surface area contributed by atoms with Crippen molar-refractivity contribution >= 4 is 39.9 Å². The number of nitrogens with zero attached hydrogens (tertiary/aromatic N) is 1. The summed E-state index contributed by atoms with van der Waals surface area (Å²) in [6.45, 7) is 0. The van der Waals surface area contributed by atoms with Crippen molar-refractivity contribution in [2.24, 2.45) is 5.73 Å². The van der Waals surface area contributed by atoms with E-state index in [0.29, 0.717) is 39.1 Å². The third kappa shape index (κ3) is 5.58. The number of carbonyl (C=O) groups is 3. The first-order valence-corrected chi connectivity index (χ1v) is 9.95. The van der Waals surface area contributed by atoms with E-state index in [1.807, 2.05) is 0 Å². The number of carbonyl (C=O) groups excluding carboxylic acids is 3. The maximum atomic E-state index is 12.5. The number of hydrogen-bond donors (Lipinski definition) is 3. The van der Waals surface area contributed by atoms with Crippen LogP contribution in [-0.2, 0) is 11.2 Å². The molecule has 2 aromatic carbocycles. The SMILES string of the molecule is COc1ccc(C(=O)Nc2nc(CC(=O)Nc3ccc(C(N)=O)cc3)cs2)cc1OC. The van der Waals surface area contributed by atoms with Gasteiger partial charge in [0.15, 0.2) is 16.6 Å². The van der Waals surface area contributed by atoms with Crippen molar-refractivity contribution in [2.45, 2.75) is 6.42 Å². The normalized spacial score (nSPS) is 10.3. The number of methoxy groups -OCH3 is 2. The standard InChI is InChI=1S/C21H20N4O5S/c1-29-16-8-5-13(9-17(16)30-2)20(28)25-21-24-15(11-31-21)10-18(26)23-14-6-3-12(4-7-14)19(22)27/h3-9,11H,10H2,1-2H3,(H2,22,27)(H,23,26)(H,24,25,28). The van der Waals surface area contributed by atoms with Gasteiger partial charge in [-0.3, -0.25) is 19.7 Å². The van der Waals surface area contributed by atoms with E-state index in [2.05, 4.69) is 15.6 Å². The highest BCUT2D eigenvalue weighted by Gasteiger charge is 2.14. The van der Waals surface area contributed by atoms with Crippen LogP contribution >= 0.6 is 11.3 Å². The van der Waals surface area contributed by atoms with Gasteiger partial charge >= 0.3 is 0 Å². The lowest BCUT2D eigenvalue weighted by Gasteiger charge is -2.09. The highest BCUT2D eigenvalue weighted by molar-refractivity contribution is 7.14. The molecule has 0 aliphatic carbocycles. The number of ether oxygens (including phenoxy) is 2. The first-order valence-electron chi connectivity index (χ1n) is 9.07. The summed E-state index contributed by atoms with van der Waals surface area (Å²) < 4.78 is 10.4. The minimum absolute atomic E-state index is 0.0281. The zero-order chi connectivity index (χ0) is 22.4. The van der Waals surface area contributed by atoms with Crippen molar-refractivity contribution in [2.75, 3.05) is 24.9 Å². The van der Waals surface area contributed by atoms with Gasteiger partial charge in [0.2, 0.25) is 11.8 Å². The van der Waals surface area contributed by atoms with Crippen molar-refractivity contribution in [1.29, 1.82) is 0 Å². The van der Waals surface area contributed by atoms with E-state index in [-0.39, 0.29) is 18.2 Å². The molecule has 31 heavy (non-hydrogen) atoms. The average Bonchev–Trinajstić information content (AvgIpc) is 3.19. The average molecular weight is 440 g/mol. The molecule has 0 unspecified atom stereocenters. The number of primary amides is 1. The van der Waals surface area contributed by atoms with Gasteiger partial charge in [-0.05, 0) is 42.5 Å². The monoisotopic (exact) mass is 440 g/mol. The van der Waals surface area contributed by atoms with Crippen molar-refractivity contribution < 1.29 is 23.9 Å². The van der Waals surface area contributed by atoms with Crippen LogP contribution in [0.15, 0.2) is 47.8 Å². The van der Waals surface area contributed by atoms with Crippen LogP contribution in [0.5, 0.6) is 11.5 Å². The Bertz CT molecular complexity index is 1110. The quantitative estimate of drug-likeness (QED) is 0.493. The molecule has 9 nitrogen and oxygen atoms in total. The summed E-state index contributed by atoms with van der Waals surface area (Å²) in [5.41, 5.74) is 6.98. The number of rotatable bonds is 8. The van der Waals surface area contributed by atoms with Gasteiger partial charge in [-0.2, -0.15) is 0 Å². The maximum absolute atomic E-state index is 12.5. The van der Waals surface area contributed by atoms with Crippen LogP contribution in [0.2, 0.25) is 0 Å².